The molecular weight excluding hydrogens is 372 g/mol. The summed E-state index contributed by atoms with van der Waals surface area (Å²) in [4.78, 5) is 44.7. The first-order valence-corrected chi connectivity index (χ1v) is 9.86. The number of amides is 2. The summed E-state index contributed by atoms with van der Waals surface area (Å²) in [5.74, 6) is -0.633. The molecule has 0 bridgehead atoms. The van der Waals surface area contributed by atoms with Gasteiger partial charge in [0.25, 0.3) is 5.91 Å². The number of ether oxygens (including phenoxy) is 1. The quantitative estimate of drug-likeness (QED) is 0.841. The van der Waals surface area contributed by atoms with Gasteiger partial charge in [0.15, 0.2) is 5.78 Å². The Morgan fingerprint density at radius 2 is 2.07 bits per heavy atom. The van der Waals surface area contributed by atoms with Crippen molar-refractivity contribution in [2.75, 3.05) is 13.2 Å². The Labute approximate surface area is 169 Å². The second-order valence-corrected chi connectivity index (χ2v) is 9.00. The van der Waals surface area contributed by atoms with Gasteiger partial charge in [0.2, 0.25) is 5.91 Å². The third kappa shape index (κ3) is 3.31. The van der Waals surface area contributed by atoms with Crippen LogP contribution in [0.5, 0.6) is 0 Å². The van der Waals surface area contributed by atoms with E-state index < -0.39 is 17.5 Å². The topological polar surface area (TPSA) is 93.0 Å². The van der Waals surface area contributed by atoms with Gasteiger partial charge in [-0.2, -0.15) is 0 Å². The zero-order valence-corrected chi connectivity index (χ0v) is 17.1. The fourth-order valence-electron chi connectivity index (χ4n) is 4.24. The smallest absolute Gasteiger partial charge is 0.270 e. The highest BCUT2D eigenvalue weighted by Crippen LogP contribution is 2.33. The van der Waals surface area contributed by atoms with Crippen LogP contribution in [0.2, 0.25) is 0 Å². The van der Waals surface area contributed by atoms with Crippen molar-refractivity contribution in [2.24, 2.45) is 11.3 Å². The van der Waals surface area contributed by atoms with Crippen LogP contribution in [0.4, 0.5) is 0 Å². The van der Waals surface area contributed by atoms with Gasteiger partial charge in [-0.3, -0.25) is 18.8 Å². The van der Waals surface area contributed by atoms with Gasteiger partial charge in [0, 0.05) is 18.7 Å². The molecule has 0 saturated carbocycles. The van der Waals surface area contributed by atoms with Crippen molar-refractivity contribution in [1.82, 2.24) is 19.6 Å². The summed E-state index contributed by atoms with van der Waals surface area (Å²) in [6.07, 6.45) is 2.99. The summed E-state index contributed by atoms with van der Waals surface area (Å²) in [5.41, 5.74) is 0.466. The Balaban J connectivity index is 1.61. The average molecular weight is 398 g/mol. The van der Waals surface area contributed by atoms with E-state index in [9.17, 15) is 14.4 Å². The molecule has 0 spiro atoms. The van der Waals surface area contributed by atoms with Gasteiger partial charge in [-0.05, 0) is 17.5 Å². The predicted octanol–water partition coefficient (Wildman–Crippen LogP) is 1.29. The molecule has 2 fully saturated rings. The lowest BCUT2D eigenvalue weighted by Crippen LogP contribution is -2.57. The van der Waals surface area contributed by atoms with E-state index in [0.717, 1.165) is 0 Å². The van der Waals surface area contributed by atoms with Gasteiger partial charge in [-0.1, -0.05) is 33.8 Å². The standard InChI is InChI=1S/C21H26N4O4/c1-12-10-25(16-14(26)11-29-17(12)16)20(28)18(21(2,3)4)23-19(27)13-9-22-15-7-5-6-8-24(13)15/h5-9,12,16-18H,10-11H2,1-4H3,(H,23,27)/t12-,16-,17-,18-/m1/s1. The normalized spacial score (nSPS) is 25.3. The Kier molecular flexibility index (Phi) is 4.69. The van der Waals surface area contributed by atoms with Crippen LogP contribution in [-0.4, -0.2) is 63.2 Å². The molecule has 2 amide bonds. The first-order valence-electron chi connectivity index (χ1n) is 9.86. The van der Waals surface area contributed by atoms with E-state index in [1.807, 2.05) is 39.8 Å². The number of fused-ring (bicyclic) bond motifs is 2. The second-order valence-electron chi connectivity index (χ2n) is 9.00. The van der Waals surface area contributed by atoms with Crippen LogP contribution in [0, 0.1) is 11.3 Å². The fraction of sp³-hybridized carbons (Fsp3) is 0.524. The summed E-state index contributed by atoms with van der Waals surface area (Å²) < 4.78 is 7.28. The van der Waals surface area contributed by atoms with Gasteiger partial charge in [-0.25, -0.2) is 4.98 Å². The van der Waals surface area contributed by atoms with Crippen LogP contribution in [0.3, 0.4) is 0 Å². The van der Waals surface area contributed by atoms with Crippen LogP contribution in [-0.2, 0) is 14.3 Å². The largest absolute Gasteiger partial charge is 0.367 e. The SMILES string of the molecule is C[C@@H]1CN(C(=O)[C@@H](NC(=O)c2cnc3ccccn23)C(C)(C)C)[C@@H]2C(=O)CO[C@H]12. The highest BCUT2D eigenvalue weighted by atomic mass is 16.5. The van der Waals surface area contributed by atoms with Crippen molar-refractivity contribution >= 4 is 23.2 Å². The molecule has 4 atom stereocenters. The Bertz CT molecular complexity index is 976. The molecule has 8 nitrogen and oxygen atoms in total. The molecule has 1 N–H and O–H groups in total. The highest BCUT2D eigenvalue weighted by Gasteiger charge is 2.52. The van der Waals surface area contributed by atoms with E-state index in [0.29, 0.717) is 17.9 Å². The van der Waals surface area contributed by atoms with E-state index >= 15 is 0 Å². The van der Waals surface area contributed by atoms with E-state index in [1.165, 1.54) is 6.20 Å². The van der Waals surface area contributed by atoms with Crippen molar-refractivity contribution in [2.45, 2.75) is 45.9 Å². The molecule has 4 heterocycles. The number of Topliss-reactive ketones (excluding diaryl/α,β-unsaturated/α-hetero) is 1. The summed E-state index contributed by atoms with van der Waals surface area (Å²) in [6.45, 7) is 8.15. The predicted molar refractivity (Wildman–Crippen MR) is 105 cm³/mol. The monoisotopic (exact) mass is 398 g/mol. The van der Waals surface area contributed by atoms with E-state index in [-0.39, 0.29) is 36.2 Å². The molecule has 29 heavy (non-hydrogen) atoms. The first kappa shape index (κ1) is 19.6. The molecule has 0 aromatic carbocycles. The molecular formula is C21H26N4O4. The molecule has 2 aliphatic rings. The number of carbonyl (C=O) groups is 3. The van der Waals surface area contributed by atoms with Crippen molar-refractivity contribution in [3.63, 3.8) is 0 Å². The number of pyridine rings is 1. The highest BCUT2D eigenvalue weighted by molar-refractivity contribution is 5.99. The molecule has 2 saturated heterocycles. The molecule has 0 unspecified atom stereocenters. The number of imidazole rings is 1. The lowest BCUT2D eigenvalue weighted by atomic mass is 9.85. The third-order valence-corrected chi connectivity index (χ3v) is 5.76. The summed E-state index contributed by atoms with van der Waals surface area (Å²) >= 11 is 0. The number of nitrogens with one attached hydrogen (secondary N) is 1. The van der Waals surface area contributed by atoms with Crippen molar-refractivity contribution < 1.29 is 19.1 Å². The number of hydrogen-bond acceptors (Lipinski definition) is 5. The number of rotatable bonds is 3. The van der Waals surface area contributed by atoms with Crippen LogP contribution >= 0.6 is 0 Å². The van der Waals surface area contributed by atoms with Crippen LogP contribution < -0.4 is 5.32 Å². The van der Waals surface area contributed by atoms with Crippen LogP contribution in [0.1, 0.15) is 38.2 Å². The fourth-order valence-corrected chi connectivity index (χ4v) is 4.24. The van der Waals surface area contributed by atoms with Gasteiger partial charge in [0.05, 0.1) is 12.3 Å². The first-order chi connectivity index (χ1) is 13.7. The molecule has 2 aromatic rings. The number of nitrogens with zero attached hydrogens (tertiary/aromatic N) is 3. The minimum absolute atomic E-state index is 0.0395. The number of aromatic nitrogens is 2. The molecule has 0 aliphatic carbocycles. The summed E-state index contributed by atoms with van der Waals surface area (Å²) in [5, 5.41) is 2.89. The lowest BCUT2D eigenvalue weighted by molar-refractivity contribution is -0.140. The maximum Gasteiger partial charge on any atom is 0.270 e. The van der Waals surface area contributed by atoms with Crippen molar-refractivity contribution in [3.05, 3.63) is 36.3 Å². The molecule has 0 radical (unpaired) electrons. The molecule has 4 rings (SSSR count). The van der Waals surface area contributed by atoms with Gasteiger partial charge >= 0.3 is 0 Å². The molecule has 2 aliphatic heterocycles. The minimum Gasteiger partial charge on any atom is -0.367 e. The summed E-state index contributed by atoms with van der Waals surface area (Å²) in [6, 6.07) is 4.12. The van der Waals surface area contributed by atoms with E-state index in [1.54, 1.807) is 21.6 Å². The minimum atomic E-state index is -0.788. The van der Waals surface area contributed by atoms with E-state index in [4.69, 9.17) is 4.74 Å². The number of hydrogen-bond donors (Lipinski definition) is 1. The Hall–Kier alpha value is -2.74. The van der Waals surface area contributed by atoms with Gasteiger partial charge in [0.1, 0.15) is 30.0 Å². The van der Waals surface area contributed by atoms with Gasteiger partial charge < -0.3 is 15.0 Å². The molecule has 2 aromatic heterocycles. The molecule has 154 valence electrons. The maximum atomic E-state index is 13.5. The number of likely N-dealkylation sites (tertiary alicyclic amines) is 1. The number of ketones is 1. The zero-order valence-electron chi connectivity index (χ0n) is 17.1. The van der Waals surface area contributed by atoms with Crippen LogP contribution in [0.25, 0.3) is 5.65 Å². The van der Waals surface area contributed by atoms with Crippen molar-refractivity contribution in [3.8, 4) is 0 Å². The summed E-state index contributed by atoms with van der Waals surface area (Å²) in [7, 11) is 0. The third-order valence-electron chi connectivity index (χ3n) is 5.76. The second kappa shape index (κ2) is 6.95. The van der Waals surface area contributed by atoms with Crippen LogP contribution in [0.15, 0.2) is 30.6 Å². The Morgan fingerprint density at radius 3 is 2.79 bits per heavy atom. The van der Waals surface area contributed by atoms with Gasteiger partial charge in [-0.15, -0.1) is 0 Å². The average Bonchev–Trinajstić information content (AvgIpc) is 3.34. The zero-order chi connectivity index (χ0) is 20.9. The maximum absolute atomic E-state index is 13.5. The number of carbonyl (C=O) groups excluding carboxylic acids is 3. The van der Waals surface area contributed by atoms with Crippen molar-refractivity contribution in [1.29, 1.82) is 0 Å². The molecule has 8 heteroatoms. The Morgan fingerprint density at radius 1 is 1.31 bits per heavy atom. The lowest BCUT2D eigenvalue weighted by Gasteiger charge is -2.34. The van der Waals surface area contributed by atoms with E-state index in [2.05, 4.69) is 10.3 Å².